The zero-order valence-electron chi connectivity index (χ0n) is 17.8. The predicted molar refractivity (Wildman–Crippen MR) is 120 cm³/mol. The number of rotatable bonds is 12. The first-order valence-electron chi connectivity index (χ1n) is 10.3. The molecular formula is C24H31NO4S. The van der Waals surface area contributed by atoms with Crippen LogP contribution in [0.5, 0.6) is 11.5 Å². The first kappa shape index (κ1) is 22.4. The van der Waals surface area contributed by atoms with E-state index in [-0.39, 0.29) is 11.2 Å². The fourth-order valence-electron chi connectivity index (χ4n) is 3.67. The second-order valence-electron chi connectivity index (χ2n) is 7.75. The molecule has 2 aromatic carbocycles. The Labute approximate surface area is 180 Å². The number of allylic oxidation sites excluding steroid dienone is 1. The lowest BCUT2D eigenvalue weighted by molar-refractivity contribution is 0.385. The quantitative estimate of drug-likeness (QED) is 0.456. The second kappa shape index (κ2) is 10.1. The van der Waals surface area contributed by atoms with Gasteiger partial charge < -0.3 is 9.47 Å². The van der Waals surface area contributed by atoms with Gasteiger partial charge in [-0.05, 0) is 67.0 Å². The third-order valence-corrected chi connectivity index (χ3v) is 7.95. The van der Waals surface area contributed by atoms with E-state index in [1.165, 1.54) is 0 Å². The Hall–Kier alpha value is -2.31. The second-order valence-corrected chi connectivity index (χ2v) is 9.90. The monoisotopic (exact) mass is 429 g/mol. The van der Waals surface area contributed by atoms with Gasteiger partial charge in [-0.25, -0.2) is 8.42 Å². The van der Waals surface area contributed by atoms with Crippen LogP contribution in [0, 0.1) is 5.92 Å². The maximum absolute atomic E-state index is 13.7. The maximum Gasteiger partial charge on any atom is 0.217 e. The molecule has 0 aliphatic heterocycles. The van der Waals surface area contributed by atoms with Crippen molar-refractivity contribution in [1.29, 1.82) is 0 Å². The number of hydrogen-bond acceptors (Lipinski definition) is 4. The summed E-state index contributed by atoms with van der Waals surface area (Å²) < 4.78 is 39.5. The maximum atomic E-state index is 13.7. The highest BCUT2D eigenvalue weighted by Gasteiger charge is 2.42. The van der Waals surface area contributed by atoms with Crippen molar-refractivity contribution in [1.82, 2.24) is 4.31 Å². The molecule has 5 nitrogen and oxygen atoms in total. The van der Waals surface area contributed by atoms with Gasteiger partial charge in [0, 0.05) is 13.1 Å². The minimum atomic E-state index is -3.48. The first-order valence-corrected chi connectivity index (χ1v) is 11.8. The highest BCUT2D eigenvalue weighted by Crippen LogP contribution is 2.40. The van der Waals surface area contributed by atoms with Crippen molar-refractivity contribution in [2.75, 3.05) is 14.2 Å². The number of nitrogens with zero attached hydrogens (tertiary/aromatic N) is 1. The number of ether oxygens (including phenoxy) is 2. The smallest absolute Gasteiger partial charge is 0.217 e. The molecule has 0 radical (unpaired) electrons. The van der Waals surface area contributed by atoms with Crippen LogP contribution in [-0.4, -0.2) is 32.2 Å². The third-order valence-electron chi connectivity index (χ3n) is 5.58. The topological polar surface area (TPSA) is 55.8 Å². The van der Waals surface area contributed by atoms with Gasteiger partial charge >= 0.3 is 0 Å². The minimum Gasteiger partial charge on any atom is -0.497 e. The standard InChI is InChI=1S/C24H31NO4S/c1-4-5-6-24(21-11-12-21)30(26,27)25(17-19-7-13-22(28-2)14-8-19)18-20-9-15-23(29-3)16-10-20/h4,7-10,13-16,21,24H,1,5-6,11-12,17-18H2,2-3H3. The van der Waals surface area contributed by atoms with Gasteiger partial charge in [-0.3, -0.25) is 0 Å². The molecule has 3 rings (SSSR count). The molecule has 0 saturated heterocycles. The predicted octanol–water partition coefficient (Wildman–Crippen LogP) is 4.78. The van der Waals surface area contributed by atoms with Crippen LogP contribution >= 0.6 is 0 Å². The number of methoxy groups -OCH3 is 2. The van der Waals surface area contributed by atoms with E-state index in [2.05, 4.69) is 6.58 Å². The molecule has 30 heavy (non-hydrogen) atoms. The summed E-state index contributed by atoms with van der Waals surface area (Å²) in [6, 6.07) is 15.1. The fraction of sp³-hybridized carbons (Fsp3) is 0.417. The molecule has 1 aliphatic rings. The number of benzene rings is 2. The molecule has 0 spiro atoms. The summed E-state index contributed by atoms with van der Waals surface area (Å²) >= 11 is 0. The van der Waals surface area contributed by atoms with Crippen LogP contribution in [0.15, 0.2) is 61.2 Å². The van der Waals surface area contributed by atoms with Gasteiger partial charge in [-0.15, -0.1) is 6.58 Å². The van der Waals surface area contributed by atoms with E-state index in [0.29, 0.717) is 25.9 Å². The van der Waals surface area contributed by atoms with Crippen molar-refractivity contribution in [3.63, 3.8) is 0 Å². The highest BCUT2D eigenvalue weighted by atomic mass is 32.2. The van der Waals surface area contributed by atoms with Crippen molar-refractivity contribution in [3.8, 4) is 11.5 Å². The summed E-state index contributed by atoms with van der Waals surface area (Å²) in [5.74, 6) is 1.76. The summed E-state index contributed by atoms with van der Waals surface area (Å²) in [7, 11) is -0.236. The summed E-state index contributed by atoms with van der Waals surface area (Å²) in [5.41, 5.74) is 1.87. The minimum absolute atomic E-state index is 0.254. The van der Waals surface area contributed by atoms with Crippen LogP contribution in [0.4, 0.5) is 0 Å². The molecule has 1 fully saturated rings. The molecule has 1 saturated carbocycles. The molecule has 0 heterocycles. The Kier molecular flexibility index (Phi) is 7.56. The Bertz CT molecular complexity index is 869. The van der Waals surface area contributed by atoms with E-state index in [1.54, 1.807) is 18.5 Å². The molecule has 1 aliphatic carbocycles. The highest BCUT2D eigenvalue weighted by molar-refractivity contribution is 7.89. The van der Waals surface area contributed by atoms with Gasteiger partial charge in [-0.2, -0.15) is 4.31 Å². The zero-order chi connectivity index (χ0) is 21.6. The van der Waals surface area contributed by atoms with Gasteiger partial charge in [0.2, 0.25) is 10.0 Å². The van der Waals surface area contributed by atoms with E-state index in [1.807, 2.05) is 54.6 Å². The van der Waals surface area contributed by atoms with Crippen LogP contribution in [0.3, 0.4) is 0 Å². The SMILES string of the molecule is C=CCCC(C1CC1)S(=O)(=O)N(Cc1ccc(OC)cc1)Cc1ccc(OC)cc1. The summed E-state index contributed by atoms with van der Waals surface area (Å²) in [5, 5.41) is -0.355. The number of sulfonamides is 1. The van der Waals surface area contributed by atoms with E-state index in [9.17, 15) is 8.42 Å². The van der Waals surface area contributed by atoms with Gasteiger partial charge in [0.1, 0.15) is 11.5 Å². The summed E-state index contributed by atoms with van der Waals surface area (Å²) in [6.45, 7) is 4.43. The summed E-state index contributed by atoms with van der Waals surface area (Å²) in [6.07, 6.45) is 5.11. The van der Waals surface area contributed by atoms with E-state index >= 15 is 0 Å². The molecule has 1 atom stereocenters. The zero-order valence-corrected chi connectivity index (χ0v) is 18.6. The largest absolute Gasteiger partial charge is 0.497 e. The molecule has 6 heteroatoms. The van der Waals surface area contributed by atoms with Gasteiger partial charge in [0.25, 0.3) is 0 Å². The molecule has 0 N–H and O–H groups in total. The van der Waals surface area contributed by atoms with Crippen LogP contribution in [0.2, 0.25) is 0 Å². The average molecular weight is 430 g/mol. The molecule has 0 aromatic heterocycles. The molecule has 2 aromatic rings. The van der Waals surface area contributed by atoms with Crippen LogP contribution in [0.1, 0.15) is 36.8 Å². The Morgan fingerprint density at radius 1 is 0.967 bits per heavy atom. The Balaban J connectivity index is 1.88. The third kappa shape index (κ3) is 5.64. The van der Waals surface area contributed by atoms with Crippen LogP contribution in [0.25, 0.3) is 0 Å². The van der Waals surface area contributed by atoms with E-state index < -0.39 is 10.0 Å². The Morgan fingerprint density at radius 3 is 1.80 bits per heavy atom. The Morgan fingerprint density at radius 2 is 1.43 bits per heavy atom. The number of hydrogen-bond donors (Lipinski definition) is 0. The van der Waals surface area contributed by atoms with Crippen molar-refractivity contribution in [2.45, 2.75) is 44.0 Å². The lowest BCUT2D eigenvalue weighted by atomic mass is 10.2. The lowest BCUT2D eigenvalue weighted by Gasteiger charge is -2.28. The normalized spacial score (nSPS) is 15.0. The lowest BCUT2D eigenvalue weighted by Crippen LogP contribution is -2.39. The summed E-state index contributed by atoms with van der Waals surface area (Å²) in [4.78, 5) is 0. The van der Waals surface area contributed by atoms with Crippen molar-refractivity contribution < 1.29 is 17.9 Å². The fourth-order valence-corrected chi connectivity index (χ4v) is 5.91. The van der Waals surface area contributed by atoms with Crippen LogP contribution in [-0.2, 0) is 23.1 Å². The molecule has 0 bridgehead atoms. The van der Waals surface area contributed by atoms with Gasteiger partial charge in [-0.1, -0.05) is 30.3 Å². The first-order chi connectivity index (χ1) is 14.5. The van der Waals surface area contributed by atoms with Gasteiger partial charge in [0.05, 0.1) is 19.5 Å². The van der Waals surface area contributed by atoms with E-state index in [4.69, 9.17) is 9.47 Å². The molecule has 0 amide bonds. The van der Waals surface area contributed by atoms with Crippen molar-refractivity contribution in [3.05, 3.63) is 72.3 Å². The molecular weight excluding hydrogens is 398 g/mol. The van der Waals surface area contributed by atoms with Crippen LogP contribution < -0.4 is 9.47 Å². The van der Waals surface area contributed by atoms with Crippen molar-refractivity contribution in [2.24, 2.45) is 5.92 Å². The average Bonchev–Trinajstić information content (AvgIpc) is 3.59. The molecule has 162 valence electrons. The van der Waals surface area contributed by atoms with Crippen molar-refractivity contribution >= 4 is 10.0 Å². The molecule has 1 unspecified atom stereocenters. The van der Waals surface area contributed by atoms with E-state index in [0.717, 1.165) is 35.5 Å². The van der Waals surface area contributed by atoms with Gasteiger partial charge in [0.15, 0.2) is 0 Å².